The third-order valence-electron chi connectivity index (χ3n) is 10.2. The van der Waals surface area contributed by atoms with Gasteiger partial charge in [0.2, 0.25) is 0 Å². The smallest absolute Gasteiger partial charge is 0.132 e. The zero-order valence-electron chi connectivity index (χ0n) is 25.4. The van der Waals surface area contributed by atoms with E-state index < -0.39 is 5.41 Å². The van der Waals surface area contributed by atoms with Gasteiger partial charge in [-0.25, -0.2) is 0 Å². The van der Waals surface area contributed by atoms with Crippen LogP contribution in [0, 0.1) is 0 Å². The maximum atomic E-state index is 6.53. The monoisotopic (exact) mass is 576 g/mol. The Morgan fingerprint density at radius 3 is 1.89 bits per heavy atom. The summed E-state index contributed by atoms with van der Waals surface area (Å²) in [5, 5.41) is 2.53. The molecule has 1 nitrogen and oxygen atoms in total. The van der Waals surface area contributed by atoms with E-state index in [4.69, 9.17) is 4.74 Å². The van der Waals surface area contributed by atoms with Gasteiger partial charge in [-0.1, -0.05) is 141 Å². The highest BCUT2D eigenvalue weighted by Gasteiger charge is 2.46. The molecule has 1 heterocycles. The lowest BCUT2D eigenvalue weighted by atomic mass is 9.67. The minimum Gasteiger partial charge on any atom is -0.457 e. The minimum absolute atomic E-state index is 0.137. The molecule has 0 saturated heterocycles. The highest BCUT2D eigenvalue weighted by Crippen LogP contribution is 2.57. The Morgan fingerprint density at radius 1 is 0.400 bits per heavy atom. The Bertz CT molecular complexity index is 2280. The lowest BCUT2D eigenvalue weighted by Gasteiger charge is -2.35. The van der Waals surface area contributed by atoms with Gasteiger partial charge in [-0.2, -0.15) is 0 Å². The minimum atomic E-state index is -0.459. The SMILES string of the molecule is CC1(C)c2ccccc2Oc2cc(-c3cccc(C4(c5ccccc5)c5ccccc5-c5cc6ccccc6cc54)c3)ccc21. The molecule has 1 atom stereocenters. The number of benzene rings is 7. The highest BCUT2D eigenvalue weighted by atomic mass is 16.5. The van der Waals surface area contributed by atoms with E-state index in [-0.39, 0.29) is 5.41 Å². The average molecular weight is 577 g/mol. The molecule has 9 rings (SSSR count). The number of ether oxygens (including phenoxy) is 1. The quantitative estimate of drug-likeness (QED) is 0.203. The van der Waals surface area contributed by atoms with Crippen molar-refractivity contribution in [3.63, 3.8) is 0 Å². The first-order valence-electron chi connectivity index (χ1n) is 15.8. The molecule has 7 aromatic rings. The summed E-state index contributed by atoms with van der Waals surface area (Å²) < 4.78 is 6.53. The van der Waals surface area contributed by atoms with Crippen molar-refractivity contribution in [2.24, 2.45) is 0 Å². The second-order valence-corrected chi connectivity index (χ2v) is 12.9. The van der Waals surface area contributed by atoms with Crippen LogP contribution in [0.1, 0.15) is 47.2 Å². The molecule has 0 spiro atoms. The van der Waals surface area contributed by atoms with Gasteiger partial charge in [0.15, 0.2) is 0 Å². The summed E-state index contributed by atoms with van der Waals surface area (Å²) in [6, 6.07) is 57.9. The lowest BCUT2D eigenvalue weighted by molar-refractivity contribution is 0.418. The van der Waals surface area contributed by atoms with Crippen LogP contribution in [0.4, 0.5) is 0 Å². The predicted molar refractivity (Wildman–Crippen MR) is 185 cm³/mol. The molecule has 0 N–H and O–H groups in total. The third kappa shape index (κ3) is 3.68. The second-order valence-electron chi connectivity index (χ2n) is 12.9. The molecular weight excluding hydrogens is 544 g/mol. The van der Waals surface area contributed by atoms with Crippen molar-refractivity contribution in [1.82, 2.24) is 0 Å². The van der Waals surface area contributed by atoms with Crippen molar-refractivity contribution in [3.05, 3.63) is 191 Å². The largest absolute Gasteiger partial charge is 0.457 e. The molecule has 0 aromatic heterocycles. The van der Waals surface area contributed by atoms with Gasteiger partial charge >= 0.3 is 0 Å². The summed E-state index contributed by atoms with van der Waals surface area (Å²) in [5.41, 5.74) is 12.0. The number of para-hydroxylation sites is 1. The Labute approximate surface area is 264 Å². The first-order valence-corrected chi connectivity index (χ1v) is 15.8. The lowest BCUT2D eigenvalue weighted by Crippen LogP contribution is -2.28. The van der Waals surface area contributed by atoms with E-state index in [0.717, 1.165) is 17.1 Å². The highest BCUT2D eigenvalue weighted by molar-refractivity contribution is 5.96. The van der Waals surface area contributed by atoms with E-state index in [1.54, 1.807) is 0 Å². The number of fused-ring (bicyclic) bond motifs is 6. The molecule has 0 saturated carbocycles. The molecule has 0 bridgehead atoms. The Balaban J connectivity index is 1.28. The Hall–Kier alpha value is -5.40. The molecule has 0 radical (unpaired) electrons. The van der Waals surface area contributed by atoms with Crippen LogP contribution in [0.3, 0.4) is 0 Å². The van der Waals surface area contributed by atoms with E-state index in [0.29, 0.717) is 0 Å². The fourth-order valence-electron chi connectivity index (χ4n) is 8.01. The van der Waals surface area contributed by atoms with Gasteiger partial charge in [0, 0.05) is 16.5 Å². The summed E-state index contributed by atoms with van der Waals surface area (Å²) in [5.74, 6) is 1.87. The van der Waals surface area contributed by atoms with Crippen molar-refractivity contribution in [2.45, 2.75) is 24.7 Å². The normalized spacial score (nSPS) is 17.1. The van der Waals surface area contributed by atoms with Gasteiger partial charge in [-0.15, -0.1) is 0 Å². The van der Waals surface area contributed by atoms with Gasteiger partial charge < -0.3 is 4.74 Å². The van der Waals surface area contributed by atoms with Crippen LogP contribution in [0.2, 0.25) is 0 Å². The van der Waals surface area contributed by atoms with Crippen LogP contribution in [0.15, 0.2) is 158 Å². The molecule has 214 valence electrons. The van der Waals surface area contributed by atoms with Crippen molar-refractivity contribution >= 4 is 10.8 Å². The maximum Gasteiger partial charge on any atom is 0.132 e. The third-order valence-corrected chi connectivity index (χ3v) is 10.2. The number of hydrogen-bond donors (Lipinski definition) is 0. The zero-order chi connectivity index (χ0) is 30.2. The molecule has 45 heavy (non-hydrogen) atoms. The molecule has 1 heteroatoms. The average Bonchev–Trinajstić information content (AvgIpc) is 3.37. The van der Waals surface area contributed by atoms with Crippen LogP contribution in [-0.4, -0.2) is 0 Å². The fourth-order valence-corrected chi connectivity index (χ4v) is 8.01. The molecule has 0 fully saturated rings. The topological polar surface area (TPSA) is 9.23 Å². The van der Waals surface area contributed by atoms with E-state index in [9.17, 15) is 0 Å². The van der Waals surface area contributed by atoms with E-state index in [1.807, 2.05) is 0 Å². The van der Waals surface area contributed by atoms with Crippen LogP contribution in [0.25, 0.3) is 33.0 Å². The van der Waals surface area contributed by atoms with Gasteiger partial charge in [0.25, 0.3) is 0 Å². The Kier molecular flexibility index (Phi) is 5.53. The zero-order valence-corrected chi connectivity index (χ0v) is 25.4. The van der Waals surface area contributed by atoms with Crippen LogP contribution < -0.4 is 4.74 Å². The second kappa shape index (κ2) is 9.55. The molecule has 7 aromatic carbocycles. The summed E-state index contributed by atoms with van der Waals surface area (Å²) in [4.78, 5) is 0. The van der Waals surface area contributed by atoms with Crippen LogP contribution in [0.5, 0.6) is 11.5 Å². The Morgan fingerprint density at radius 2 is 1.04 bits per heavy atom. The molecular formula is C44H32O. The summed E-state index contributed by atoms with van der Waals surface area (Å²) >= 11 is 0. The first-order chi connectivity index (χ1) is 22.0. The first kappa shape index (κ1) is 26.0. The number of rotatable bonds is 3. The van der Waals surface area contributed by atoms with E-state index >= 15 is 0 Å². The predicted octanol–water partition coefficient (Wildman–Crippen LogP) is 11.3. The summed E-state index contributed by atoms with van der Waals surface area (Å²) in [6.45, 7) is 4.57. The van der Waals surface area contributed by atoms with Gasteiger partial charge in [0.05, 0.1) is 5.41 Å². The molecule has 1 aliphatic heterocycles. The van der Waals surface area contributed by atoms with Crippen LogP contribution >= 0.6 is 0 Å². The maximum absolute atomic E-state index is 6.53. The van der Waals surface area contributed by atoms with Crippen molar-refractivity contribution < 1.29 is 4.74 Å². The van der Waals surface area contributed by atoms with Gasteiger partial charge in [-0.3, -0.25) is 0 Å². The molecule has 1 unspecified atom stereocenters. The van der Waals surface area contributed by atoms with Crippen molar-refractivity contribution in [2.75, 3.05) is 0 Å². The summed E-state index contributed by atoms with van der Waals surface area (Å²) in [7, 11) is 0. The number of hydrogen-bond acceptors (Lipinski definition) is 1. The van der Waals surface area contributed by atoms with Crippen molar-refractivity contribution in [3.8, 4) is 33.8 Å². The molecule has 2 aliphatic rings. The standard InChI is InChI=1S/C44H32O/c1-43(2)38-21-10-11-22-41(38)45-42-28-32(23-24-39(42)43)29-15-12-18-34(25-29)44(33-16-4-3-5-17-33)37-20-9-8-19-35(37)36-26-30-13-6-7-14-31(30)27-40(36)44/h3-28H,1-2H3. The molecule has 0 amide bonds. The molecule has 1 aliphatic carbocycles. The van der Waals surface area contributed by atoms with Crippen LogP contribution in [-0.2, 0) is 10.8 Å². The van der Waals surface area contributed by atoms with E-state index in [2.05, 4.69) is 172 Å². The van der Waals surface area contributed by atoms with E-state index in [1.165, 1.54) is 60.8 Å². The van der Waals surface area contributed by atoms with Crippen molar-refractivity contribution in [1.29, 1.82) is 0 Å². The van der Waals surface area contributed by atoms with Gasteiger partial charge in [0.1, 0.15) is 11.5 Å². The fraction of sp³-hybridized carbons (Fsp3) is 0.0909. The van der Waals surface area contributed by atoms with Gasteiger partial charge in [-0.05, 0) is 85.6 Å². The summed E-state index contributed by atoms with van der Waals surface area (Å²) in [6.07, 6.45) is 0.